The van der Waals surface area contributed by atoms with Gasteiger partial charge in [-0.2, -0.15) is 0 Å². The third-order valence-corrected chi connectivity index (χ3v) is 3.06. The number of nitrogens with two attached hydrogens (primary N) is 1. The van der Waals surface area contributed by atoms with Crippen LogP contribution in [0.1, 0.15) is 25.5 Å². The summed E-state index contributed by atoms with van der Waals surface area (Å²) in [5.41, 5.74) is 6.92. The molecule has 0 atom stereocenters. The number of aromatic hydroxyl groups is 1. The van der Waals surface area contributed by atoms with Gasteiger partial charge in [-0.15, -0.1) is 0 Å². The van der Waals surface area contributed by atoms with E-state index in [2.05, 4.69) is 0 Å². The van der Waals surface area contributed by atoms with Crippen molar-refractivity contribution in [3.63, 3.8) is 0 Å². The van der Waals surface area contributed by atoms with Gasteiger partial charge in [0.2, 0.25) is 0 Å². The standard InChI is InChI=1S/C14H18N2O2/c1-9(2)16-12-4-3-5-13(17)11(12)8-10(6-7-15)14(16)18/h3-5,8-9,17H,6-7,15H2,1-2H3. The fraction of sp³-hybridized carbons (Fsp3) is 0.357. The summed E-state index contributed by atoms with van der Waals surface area (Å²) in [5, 5.41) is 10.6. The molecule has 1 heterocycles. The molecule has 0 aliphatic heterocycles. The average molecular weight is 246 g/mol. The molecular formula is C14H18N2O2. The summed E-state index contributed by atoms with van der Waals surface area (Å²) in [5.74, 6) is 0.195. The first-order valence-electron chi connectivity index (χ1n) is 6.12. The molecule has 0 spiro atoms. The van der Waals surface area contributed by atoms with E-state index in [1.807, 2.05) is 19.9 Å². The quantitative estimate of drug-likeness (QED) is 0.867. The fourth-order valence-corrected chi connectivity index (χ4v) is 2.25. The Hall–Kier alpha value is -1.81. The summed E-state index contributed by atoms with van der Waals surface area (Å²) >= 11 is 0. The first kappa shape index (κ1) is 12.6. The Morgan fingerprint density at radius 3 is 2.72 bits per heavy atom. The lowest BCUT2D eigenvalue weighted by Gasteiger charge is -2.16. The van der Waals surface area contributed by atoms with Crippen LogP contribution in [0.5, 0.6) is 5.75 Å². The minimum atomic E-state index is -0.0199. The van der Waals surface area contributed by atoms with Crippen molar-refractivity contribution in [2.75, 3.05) is 6.54 Å². The molecule has 4 nitrogen and oxygen atoms in total. The van der Waals surface area contributed by atoms with Gasteiger partial charge in [-0.05, 0) is 45.0 Å². The van der Waals surface area contributed by atoms with Gasteiger partial charge in [0.1, 0.15) is 5.75 Å². The molecule has 0 amide bonds. The van der Waals surface area contributed by atoms with Crippen molar-refractivity contribution in [1.82, 2.24) is 4.57 Å². The zero-order chi connectivity index (χ0) is 13.3. The van der Waals surface area contributed by atoms with Crippen LogP contribution in [0.15, 0.2) is 29.1 Å². The van der Waals surface area contributed by atoms with Crippen LogP contribution in [0.2, 0.25) is 0 Å². The Labute approximate surface area is 106 Å². The van der Waals surface area contributed by atoms with Gasteiger partial charge in [0.15, 0.2) is 0 Å². The van der Waals surface area contributed by atoms with Gasteiger partial charge in [-0.25, -0.2) is 0 Å². The summed E-state index contributed by atoms with van der Waals surface area (Å²) in [6.45, 7) is 4.33. The van der Waals surface area contributed by atoms with Crippen LogP contribution in [-0.2, 0) is 6.42 Å². The molecule has 18 heavy (non-hydrogen) atoms. The largest absolute Gasteiger partial charge is 0.507 e. The maximum Gasteiger partial charge on any atom is 0.254 e. The molecule has 4 heteroatoms. The molecule has 0 radical (unpaired) electrons. The Morgan fingerprint density at radius 1 is 1.39 bits per heavy atom. The summed E-state index contributed by atoms with van der Waals surface area (Å²) in [6.07, 6.45) is 0.524. The van der Waals surface area contributed by atoms with Gasteiger partial charge < -0.3 is 15.4 Å². The highest BCUT2D eigenvalue weighted by molar-refractivity contribution is 5.85. The number of phenolic OH excluding ortho intramolecular Hbond substituents is 1. The summed E-state index contributed by atoms with van der Waals surface area (Å²) in [4.78, 5) is 12.4. The van der Waals surface area contributed by atoms with E-state index in [1.165, 1.54) is 0 Å². The number of hydrogen-bond acceptors (Lipinski definition) is 3. The van der Waals surface area contributed by atoms with Crippen molar-refractivity contribution >= 4 is 10.9 Å². The van der Waals surface area contributed by atoms with Crippen LogP contribution in [0.3, 0.4) is 0 Å². The normalized spacial score (nSPS) is 11.3. The molecule has 0 saturated heterocycles. The van der Waals surface area contributed by atoms with Gasteiger partial charge in [0, 0.05) is 17.0 Å². The second-order valence-corrected chi connectivity index (χ2v) is 4.69. The lowest BCUT2D eigenvalue weighted by Crippen LogP contribution is -2.26. The highest BCUT2D eigenvalue weighted by atomic mass is 16.3. The Bertz CT molecular complexity index is 629. The SMILES string of the molecule is CC(C)n1c(=O)c(CCN)cc2c(O)cccc21. The second-order valence-electron chi connectivity index (χ2n) is 4.69. The van der Waals surface area contributed by atoms with Gasteiger partial charge in [0.05, 0.1) is 5.52 Å². The highest BCUT2D eigenvalue weighted by Gasteiger charge is 2.12. The number of pyridine rings is 1. The minimum absolute atomic E-state index is 0.0199. The smallest absolute Gasteiger partial charge is 0.254 e. The second kappa shape index (κ2) is 4.82. The Balaban J connectivity index is 2.88. The van der Waals surface area contributed by atoms with Gasteiger partial charge in [-0.1, -0.05) is 6.07 Å². The predicted molar refractivity (Wildman–Crippen MR) is 73.0 cm³/mol. The number of hydrogen-bond donors (Lipinski definition) is 2. The Kier molecular flexibility index (Phi) is 3.39. The first-order chi connectivity index (χ1) is 8.56. The number of rotatable bonds is 3. The molecule has 0 saturated carbocycles. The highest BCUT2D eigenvalue weighted by Crippen LogP contribution is 2.25. The third kappa shape index (κ3) is 1.99. The van der Waals surface area contributed by atoms with Crippen molar-refractivity contribution in [2.24, 2.45) is 5.73 Å². The van der Waals surface area contributed by atoms with Crippen molar-refractivity contribution in [2.45, 2.75) is 26.3 Å². The zero-order valence-electron chi connectivity index (χ0n) is 10.7. The maximum atomic E-state index is 12.4. The van der Waals surface area contributed by atoms with E-state index in [4.69, 9.17) is 5.73 Å². The van der Waals surface area contributed by atoms with Gasteiger partial charge in [0.25, 0.3) is 5.56 Å². The summed E-state index contributed by atoms with van der Waals surface area (Å²) in [7, 11) is 0. The van der Waals surface area contributed by atoms with Crippen LogP contribution in [-0.4, -0.2) is 16.2 Å². The van der Waals surface area contributed by atoms with Crippen molar-refractivity contribution < 1.29 is 5.11 Å². The summed E-state index contributed by atoms with van der Waals surface area (Å²) < 4.78 is 1.71. The van der Waals surface area contributed by atoms with Crippen LogP contribution in [0.4, 0.5) is 0 Å². The molecule has 0 bridgehead atoms. The van der Waals surface area contributed by atoms with Crippen molar-refractivity contribution in [3.8, 4) is 5.75 Å². The van der Waals surface area contributed by atoms with Crippen molar-refractivity contribution in [3.05, 3.63) is 40.2 Å². The van der Waals surface area contributed by atoms with E-state index in [1.54, 1.807) is 22.8 Å². The third-order valence-electron chi connectivity index (χ3n) is 3.06. The van der Waals surface area contributed by atoms with E-state index in [-0.39, 0.29) is 17.4 Å². The summed E-state index contributed by atoms with van der Waals surface area (Å²) in [6, 6.07) is 7.02. The molecule has 0 aliphatic carbocycles. The molecule has 0 unspecified atom stereocenters. The first-order valence-corrected chi connectivity index (χ1v) is 6.12. The van der Waals surface area contributed by atoms with E-state index in [0.717, 1.165) is 5.52 Å². The Morgan fingerprint density at radius 2 is 2.11 bits per heavy atom. The lowest BCUT2D eigenvalue weighted by atomic mass is 10.1. The van der Waals surface area contributed by atoms with Crippen LogP contribution in [0.25, 0.3) is 10.9 Å². The predicted octanol–water partition coefficient (Wildman–Crippen LogP) is 1.79. The van der Waals surface area contributed by atoms with Gasteiger partial charge in [-0.3, -0.25) is 4.79 Å². The molecule has 0 fully saturated rings. The monoisotopic (exact) mass is 246 g/mol. The number of phenols is 1. The average Bonchev–Trinajstić information content (AvgIpc) is 2.31. The number of nitrogens with zero attached hydrogens (tertiary/aromatic N) is 1. The molecule has 2 aromatic rings. The van der Waals surface area contributed by atoms with E-state index >= 15 is 0 Å². The van der Waals surface area contributed by atoms with Crippen LogP contribution in [0, 0.1) is 0 Å². The van der Waals surface area contributed by atoms with Crippen molar-refractivity contribution in [1.29, 1.82) is 0 Å². The molecule has 0 aliphatic rings. The van der Waals surface area contributed by atoms with E-state index in [0.29, 0.717) is 23.9 Å². The molecular weight excluding hydrogens is 228 g/mol. The molecule has 1 aromatic heterocycles. The van der Waals surface area contributed by atoms with E-state index in [9.17, 15) is 9.90 Å². The molecule has 3 N–H and O–H groups in total. The number of fused-ring (bicyclic) bond motifs is 1. The van der Waals surface area contributed by atoms with E-state index < -0.39 is 0 Å². The zero-order valence-corrected chi connectivity index (χ0v) is 10.7. The maximum absolute atomic E-state index is 12.4. The van der Waals surface area contributed by atoms with Crippen LogP contribution < -0.4 is 11.3 Å². The molecule has 96 valence electrons. The fourth-order valence-electron chi connectivity index (χ4n) is 2.25. The number of benzene rings is 1. The number of aromatic nitrogens is 1. The molecule has 1 aromatic carbocycles. The lowest BCUT2D eigenvalue weighted by molar-refractivity contribution is 0.480. The molecule has 2 rings (SSSR count). The van der Waals surface area contributed by atoms with Crippen LogP contribution >= 0.6 is 0 Å². The topological polar surface area (TPSA) is 68.2 Å². The minimum Gasteiger partial charge on any atom is -0.507 e. The van der Waals surface area contributed by atoms with Gasteiger partial charge >= 0.3 is 0 Å².